The molecule has 2 bridgehead atoms. The van der Waals surface area contributed by atoms with E-state index in [2.05, 4.69) is 46.9 Å². The van der Waals surface area contributed by atoms with Crippen LogP contribution in [0.25, 0.3) is 0 Å². The van der Waals surface area contributed by atoms with Crippen molar-refractivity contribution in [1.29, 1.82) is 0 Å². The zero-order chi connectivity index (χ0) is 18.1. The summed E-state index contributed by atoms with van der Waals surface area (Å²) in [5.74, 6) is -0.590. The summed E-state index contributed by atoms with van der Waals surface area (Å²) in [4.78, 5) is 0. The van der Waals surface area contributed by atoms with E-state index in [1.165, 1.54) is 0 Å². The van der Waals surface area contributed by atoms with Gasteiger partial charge in [0.25, 0.3) is 0 Å². The van der Waals surface area contributed by atoms with Gasteiger partial charge in [0.1, 0.15) is 5.60 Å². The van der Waals surface area contributed by atoms with Gasteiger partial charge in [0, 0.05) is 12.8 Å². The lowest BCUT2D eigenvalue weighted by Gasteiger charge is -2.58. The van der Waals surface area contributed by atoms with E-state index in [1.807, 2.05) is 0 Å². The highest BCUT2D eigenvalue weighted by Crippen LogP contribution is 2.65. The molecule has 0 amide bonds. The number of hydrogen-bond acceptors (Lipinski definition) is 5. The molecule has 1 aliphatic carbocycles. The van der Waals surface area contributed by atoms with E-state index in [9.17, 15) is 0 Å². The van der Waals surface area contributed by atoms with Crippen LogP contribution in [-0.2, 0) is 23.4 Å². The Bertz CT molecular complexity index is 577. The first-order valence-corrected chi connectivity index (χ1v) is 12.4. The fourth-order valence-electron chi connectivity index (χ4n) is 4.81. The third kappa shape index (κ3) is 2.27. The predicted molar refractivity (Wildman–Crippen MR) is 96.5 cm³/mol. The Kier molecular flexibility index (Phi) is 3.83. The Balaban J connectivity index is 1.74. The van der Waals surface area contributed by atoms with E-state index in [0.29, 0.717) is 13.2 Å². The van der Waals surface area contributed by atoms with Crippen molar-refractivity contribution in [1.82, 2.24) is 0 Å². The molecule has 0 aromatic heterocycles. The van der Waals surface area contributed by atoms with Gasteiger partial charge in [-0.05, 0) is 30.6 Å². The molecule has 2 spiro atoms. The van der Waals surface area contributed by atoms with E-state index in [0.717, 1.165) is 19.3 Å². The molecule has 3 heterocycles. The first-order valence-electron chi connectivity index (χ1n) is 9.52. The van der Waals surface area contributed by atoms with Crippen molar-refractivity contribution in [3.05, 3.63) is 12.3 Å². The van der Waals surface area contributed by atoms with Crippen LogP contribution in [0.15, 0.2) is 12.3 Å². The van der Waals surface area contributed by atoms with Crippen LogP contribution < -0.4 is 0 Å². The average Bonchev–Trinajstić information content (AvgIpc) is 3.06. The highest BCUT2D eigenvalue weighted by atomic mass is 28.4. The van der Waals surface area contributed by atoms with Crippen LogP contribution >= 0.6 is 0 Å². The largest absolute Gasteiger partial charge is 0.473 e. The molecule has 0 N–H and O–H groups in total. The van der Waals surface area contributed by atoms with Crippen molar-refractivity contribution >= 4 is 8.32 Å². The standard InChI is InChI=1S/C19H32O5Si/c1-16(2,3)25(5,6)24-14-7-8-19(21-11-12-22-19)17(4)13-15-20-10-9-18(14,17)23-15/h9-10,14-15H,7-8,11-13H2,1-6H3/t14-,15-,17+,18+/m1/s1. The van der Waals surface area contributed by atoms with Gasteiger partial charge < -0.3 is 23.4 Å². The minimum Gasteiger partial charge on any atom is -0.473 e. The molecule has 4 aliphatic rings. The van der Waals surface area contributed by atoms with Crippen molar-refractivity contribution in [2.24, 2.45) is 5.41 Å². The normalized spacial score (nSPS) is 42.5. The van der Waals surface area contributed by atoms with Gasteiger partial charge in [-0.25, -0.2) is 0 Å². The predicted octanol–water partition coefficient (Wildman–Crippen LogP) is 3.95. The van der Waals surface area contributed by atoms with E-state index in [-0.39, 0.29) is 22.8 Å². The van der Waals surface area contributed by atoms with Gasteiger partial charge in [0.2, 0.25) is 6.29 Å². The topological polar surface area (TPSA) is 46.2 Å². The molecule has 6 heteroatoms. The monoisotopic (exact) mass is 368 g/mol. The lowest BCUT2D eigenvalue weighted by molar-refractivity contribution is -0.304. The van der Waals surface area contributed by atoms with Crippen molar-refractivity contribution < 1.29 is 23.4 Å². The molecule has 4 rings (SSSR count). The maximum Gasteiger partial charge on any atom is 0.200 e. The molecule has 3 aliphatic heterocycles. The Morgan fingerprint density at radius 2 is 1.84 bits per heavy atom. The van der Waals surface area contributed by atoms with E-state index in [4.69, 9.17) is 23.4 Å². The Labute approximate surface area is 152 Å². The van der Waals surface area contributed by atoms with Gasteiger partial charge in [-0.2, -0.15) is 0 Å². The van der Waals surface area contributed by atoms with Crippen molar-refractivity contribution in [2.75, 3.05) is 13.2 Å². The molecule has 0 aromatic carbocycles. The summed E-state index contributed by atoms with van der Waals surface area (Å²) in [6.45, 7) is 15.0. The zero-order valence-electron chi connectivity index (χ0n) is 16.4. The smallest absolute Gasteiger partial charge is 0.200 e. The fraction of sp³-hybridized carbons (Fsp3) is 0.895. The lowest BCUT2D eigenvalue weighted by Crippen LogP contribution is -2.68. The Hall–Kier alpha value is -0.403. The zero-order valence-corrected chi connectivity index (χ0v) is 17.4. The summed E-state index contributed by atoms with van der Waals surface area (Å²) in [6, 6.07) is 0. The molecule has 0 aromatic rings. The van der Waals surface area contributed by atoms with Crippen LogP contribution in [0.3, 0.4) is 0 Å². The maximum absolute atomic E-state index is 6.90. The van der Waals surface area contributed by atoms with Crippen molar-refractivity contribution in [2.45, 2.75) is 88.9 Å². The third-order valence-electron chi connectivity index (χ3n) is 7.36. The van der Waals surface area contributed by atoms with Crippen LogP contribution in [0.4, 0.5) is 0 Å². The van der Waals surface area contributed by atoms with E-state index in [1.54, 1.807) is 6.26 Å². The first-order chi connectivity index (χ1) is 11.6. The molecule has 142 valence electrons. The molecule has 0 radical (unpaired) electrons. The number of rotatable bonds is 2. The highest BCUT2D eigenvalue weighted by molar-refractivity contribution is 6.74. The lowest BCUT2D eigenvalue weighted by atomic mass is 9.59. The second-order valence-corrected chi connectivity index (χ2v) is 14.4. The number of hydrogen-bond donors (Lipinski definition) is 0. The third-order valence-corrected chi connectivity index (χ3v) is 11.8. The molecule has 4 atom stereocenters. The van der Waals surface area contributed by atoms with Crippen LogP contribution in [0.5, 0.6) is 0 Å². The molecule has 0 unspecified atom stereocenters. The molecule has 3 fully saturated rings. The van der Waals surface area contributed by atoms with Crippen LogP contribution in [0.1, 0.15) is 47.0 Å². The summed E-state index contributed by atoms with van der Waals surface area (Å²) in [6.07, 6.45) is 6.10. The summed E-state index contributed by atoms with van der Waals surface area (Å²) in [5, 5.41) is 0.155. The molecule has 2 saturated heterocycles. The van der Waals surface area contributed by atoms with Crippen LogP contribution in [0.2, 0.25) is 18.1 Å². The van der Waals surface area contributed by atoms with Crippen LogP contribution in [-0.4, -0.2) is 45.3 Å². The number of ether oxygens (including phenoxy) is 4. The fourth-order valence-corrected chi connectivity index (χ4v) is 6.17. The Morgan fingerprint density at radius 1 is 1.16 bits per heavy atom. The van der Waals surface area contributed by atoms with Gasteiger partial charge >= 0.3 is 0 Å². The number of fused-ring (bicyclic) bond motifs is 2. The molecular formula is C19H32O5Si. The minimum atomic E-state index is -1.93. The quantitative estimate of drug-likeness (QED) is 0.691. The van der Waals surface area contributed by atoms with Gasteiger partial charge in [-0.3, -0.25) is 0 Å². The second-order valence-electron chi connectivity index (χ2n) is 9.67. The van der Waals surface area contributed by atoms with E-state index < -0.39 is 19.7 Å². The summed E-state index contributed by atoms with van der Waals surface area (Å²) < 4.78 is 31.5. The minimum absolute atomic E-state index is 0.00182. The first kappa shape index (κ1) is 18.0. The maximum atomic E-state index is 6.90. The van der Waals surface area contributed by atoms with Gasteiger partial charge in [-0.15, -0.1) is 0 Å². The molecule has 1 saturated carbocycles. The van der Waals surface area contributed by atoms with Crippen LogP contribution in [0, 0.1) is 5.41 Å². The van der Waals surface area contributed by atoms with Gasteiger partial charge in [0.15, 0.2) is 14.1 Å². The Morgan fingerprint density at radius 3 is 2.48 bits per heavy atom. The van der Waals surface area contributed by atoms with Gasteiger partial charge in [0.05, 0.1) is 31.0 Å². The van der Waals surface area contributed by atoms with Crippen molar-refractivity contribution in [3.8, 4) is 0 Å². The van der Waals surface area contributed by atoms with Crippen molar-refractivity contribution in [3.63, 3.8) is 0 Å². The average molecular weight is 369 g/mol. The summed E-state index contributed by atoms with van der Waals surface area (Å²) in [7, 11) is -1.93. The molecular weight excluding hydrogens is 336 g/mol. The summed E-state index contributed by atoms with van der Waals surface area (Å²) in [5.41, 5.74) is -0.868. The second kappa shape index (κ2) is 5.32. The van der Waals surface area contributed by atoms with Gasteiger partial charge in [-0.1, -0.05) is 27.7 Å². The highest BCUT2D eigenvalue weighted by Gasteiger charge is 2.74. The summed E-state index contributed by atoms with van der Waals surface area (Å²) >= 11 is 0. The SMILES string of the molecule is CC(C)(C)[Si](C)(C)O[C@@H]1CCC2(OCCO2)[C@@]2(C)C[C@@H]3OC=C[C@]12O3. The van der Waals surface area contributed by atoms with E-state index >= 15 is 0 Å². The molecule has 25 heavy (non-hydrogen) atoms. The molecule has 5 nitrogen and oxygen atoms in total.